The molecule has 3 atom stereocenters. The molecule has 0 saturated carbocycles. The van der Waals surface area contributed by atoms with Crippen molar-refractivity contribution in [3.05, 3.63) is 24.3 Å². The van der Waals surface area contributed by atoms with Gasteiger partial charge in [-0.05, 0) is 25.7 Å². The van der Waals surface area contributed by atoms with Gasteiger partial charge in [0.1, 0.15) is 13.2 Å². The van der Waals surface area contributed by atoms with Gasteiger partial charge in [0.25, 0.3) is 0 Å². The van der Waals surface area contributed by atoms with Crippen molar-refractivity contribution < 1.29 is 32.9 Å². The van der Waals surface area contributed by atoms with Crippen LogP contribution >= 0.6 is 7.82 Å². The molecule has 9 heteroatoms. The first-order valence-corrected chi connectivity index (χ1v) is 21.7. The van der Waals surface area contributed by atoms with E-state index in [0.717, 1.165) is 44.9 Å². The van der Waals surface area contributed by atoms with Gasteiger partial charge < -0.3 is 19.8 Å². The molecule has 0 radical (unpaired) electrons. The maximum atomic E-state index is 12.8. The Morgan fingerprint density at radius 1 is 0.673 bits per heavy atom. The molecule has 290 valence electrons. The van der Waals surface area contributed by atoms with Crippen molar-refractivity contribution in [2.75, 3.05) is 40.9 Å². The summed E-state index contributed by atoms with van der Waals surface area (Å²) in [6, 6.07) is -0.855. The third-order valence-corrected chi connectivity index (χ3v) is 9.89. The molecule has 0 rings (SSSR count). The van der Waals surface area contributed by atoms with E-state index in [9.17, 15) is 19.4 Å². The summed E-state index contributed by atoms with van der Waals surface area (Å²) in [5.74, 6) is -0.190. The third-order valence-electron chi connectivity index (χ3n) is 8.91. The number of unbranched alkanes of at least 4 members (excludes halogenated alkanes) is 21. The van der Waals surface area contributed by atoms with Gasteiger partial charge in [0.2, 0.25) is 5.91 Å². The maximum Gasteiger partial charge on any atom is 0.472 e. The zero-order valence-corrected chi connectivity index (χ0v) is 33.6. The van der Waals surface area contributed by atoms with Gasteiger partial charge in [-0.15, -0.1) is 0 Å². The molecule has 8 nitrogen and oxygen atoms in total. The Balaban J connectivity index is 4.22. The van der Waals surface area contributed by atoms with Gasteiger partial charge in [-0.1, -0.05) is 167 Å². The van der Waals surface area contributed by atoms with Crippen LogP contribution in [-0.2, 0) is 18.4 Å². The second-order valence-corrected chi connectivity index (χ2v) is 16.5. The molecule has 0 fully saturated rings. The Morgan fingerprint density at radius 2 is 1.12 bits per heavy atom. The zero-order chi connectivity index (χ0) is 36.5. The number of rotatable bonds is 36. The molecule has 0 spiro atoms. The Morgan fingerprint density at radius 3 is 1.59 bits per heavy atom. The highest BCUT2D eigenvalue weighted by Gasteiger charge is 2.27. The van der Waals surface area contributed by atoms with Crippen LogP contribution < -0.4 is 5.32 Å². The lowest BCUT2D eigenvalue weighted by atomic mass is 10.0. The number of aliphatic hydroxyl groups is 1. The van der Waals surface area contributed by atoms with Crippen molar-refractivity contribution in [3.8, 4) is 0 Å². The normalized spacial score (nSPS) is 14.8. The number of carbonyl (C=O) groups excluding carboxylic acids is 1. The smallest absolute Gasteiger partial charge is 0.387 e. The van der Waals surface area contributed by atoms with E-state index < -0.39 is 20.0 Å². The van der Waals surface area contributed by atoms with Crippen molar-refractivity contribution in [3.63, 3.8) is 0 Å². The molecule has 1 amide bonds. The van der Waals surface area contributed by atoms with Crippen LogP contribution in [0, 0.1) is 0 Å². The molecule has 0 heterocycles. The van der Waals surface area contributed by atoms with Crippen LogP contribution in [0.1, 0.15) is 174 Å². The van der Waals surface area contributed by atoms with Crippen LogP contribution in [0.25, 0.3) is 0 Å². The number of nitrogens with zero attached hydrogens (tertiary/aromatic N) is 1. The molecule has 0 aromatic carbocycles. The molecule has 0 bridgehead atoms. The van der Waals surface area contributed by atoms with Crippen molar-refractivity contribution in [2.45, 2.75) is 187 Å². The van der Waals surface area contributed by atoms with E-state index in [-0.39, 0.29) is 19.1 Å². The summed E-state index contributed by atoms with van der Waals surface area (Å²) in [4.78, 5) is 22.9. The number of quaternary nitrogens is 1. The van der Waals surface area contributed by atoms with E-state index in [4.69, 9.17) is 9.05 Å². The fourth-order valence-corrected chi connectivity index (χ4v) is 6.39. The number of hydrogen-bond acceptors (Lipinski definition) is 5. The number of likely N-dealkylation sites (N-methyl/N-ethyl adjacent to an activating group) is 1. The van der Waals surface area contributed by atoms with Crippen LogP contribution in [0.3, 0.4) is 0 Å². The summed E-state index contributed by atoms with van der Waals surface area (Å²) >= 11 is 0. The number of nitrogens with one attached hydrogen (secondary N) is 1. The SMILES string of the molecule is CCC/C=C/CC/C=C/C(O)C(COP(=O)(O)OCC[N+](C)(C)C)NC(=O)CCCCCCCCCCCCCCCCCCCCCC. The van der Waals surface area contributed by atoms with Crippen molar-refractivity contribution >= 4 is 13.7 Å². The van der Waals surface area contributed by atoms with Gasteiger partial charge >= 0.3 is 7.82 Å². The zero-order valence-electron chi connectivity index (χ0n) is 32.7. The fraction of sp³-hybridized carbons (Fsp3) is 0.875. The van der Waals surface area contributed by atoms with E-state index in [0.29, 0.717) is 17.4 Å². The highest BCUT2D eigenvalue weighted by atomic mass is 31.2. The number of aliphatic hydroxyl groups excluding tert-OH is 1. The molecule has 0 aliphatic carbocycles. The summed E-state index contributed by atoms with van der Waals surface area (Å²) in [7, 11) is 1.55. The predicted octanol–water partition coefficient (Wildman–Crippen LogP) is 10.6. The molecule has 0 aliphatic heterocycles. The average Bonchev–Trinajstić information content (AvgIpc) is 3.04. The molecule has 49 heavy (non-hydrogen) atoms. The quantitative estimate of drug-likeness (QED) is 0.0258. The van der Waals surface area contributed by atoms with E-state index in [1.807, 2.05) is 27.2 Å². The number of phosphoric acid groups is 1. The lowest BCUT2D eigenvalue weighted by Gasteiger charge is -2.25. The van der Waals surface area contributed by atoms with Gasteiger partial charge in [-0.25, -0.2) is 4.57 Å². The highest BCUT2D eigenvalue weighted by molar-refractivity contribution is 7.47. The average molecular weight is 716 g/mol. The summed E-state index contributed by atoms with van der Waals surface area (Å²) in [6.45, 7) is 4.68. The molecule has 0 aromatic rings. The van der Waals surface area contributed by atoms with Crippen molar-refractivity contribution in [2.24, 2.45) is 0 Å². The Kier molecular flexibility index (Phi) is 32.2. The third kappa shape index (κ3) is 35.2. The van der Waals surface area contributed by atoms with E-state index in [1.165, 1.54) is 109 Å². The minimum absolute atomic E-state index is 0.0573. The molecular formula is C40H80N2O6P+. The summed E-state index contributed by atoms with van der Waals surface area (Å²) < 4.78 is 23.4. The summed E-state index contributed by atoms with van der Waals surface area (Å²) in [6.07, 6.45) is 37.0. The monoisotopic (exact) mass is 716 g/mol. The first-order valence-electron chi connectivity index (χ1n) is 20.2. The Bertz CT molecular complexity index is 860. The molecule has 0 saturated heterocycles. The lowest BCUT2D eigenvalue weighted by molar-refractivity contribution is -0.870. The number of allylic oxidation sites excluding steroid dienone is 3. The topological polar surface area (TPSA) is 105 Å². The number of phosphoric ester groups is 1. The van der Waals surface area contributed by atoms with E-state index >= 15 is 0 Å². The van der Waals surface area contributed by atoms with Gasteiger partial charge in [-0.3, -0.25) is 13.8 Å². The minimum Gasteiger partial charge on any atom is -0.387 e. The summed E-state index contributed by atoms with van der Waals surface area (Å²) in [5, 5.41) is 13.6. The van der Waals surface area contributed by atoms with E-state index in [1.54, 1.807) is 6.08 Å². The largest absolute Gasteiger partial charge is 0.472 e. The number of hydrogen-bond donors (Lipinski definition) is 3. The van der Waals surface area contributed by atoms with Crippen LogP contribution in [0.4, 0.5) is 0 Å². The van der Waals surface area contributed by atoms with Gasteiger partial charge in [0, 0.05) is 6.42 Å². The molecular weight excluding hydrogens is 635 g/mol. The molecule has 0 aliphatic rings. The second kappa shape index (κ2) is 32.9. The van der Waals surface area contributed by atoms with Crippen LogP contribution in [-0.4, -0.2) is 73.4 Å². The lowest BCUT2D eigenvalue weighted by Crippen LogP contribution is -2.45. The van der Waals surface area contributed by atoms with Crippen LogP contribution in [0.15, 0.2) is 24.3 Å². The minimum atomic E-state index is -4.33. The first-order chi connectivity index (χ1) is 23.5. The van der Waals surface area contributed by atoms with Crippen LogP contribution in [0.5, 0.6) is 0 Å². The predicted molar refractivity (Wildman–Crippen MR) is 208 cm³/mol. The standard InChI is InChI=1S/C40H79N2O6P/c1-6-8-10-12-14-15-16-17-18-19-20-21-22-23-24-25-26-28-30-32-34-40(44)41-38(39(43)33-31-29-27-13-11-9-7-2)37-48-49(45,46)47-36-35-42(3,4)5/h11,13,31,33,38-39,43H,6-10,12,14-30,32,34-37H2,1-5H3,(H-,41,44,45,46)/p+1/b13-11+,33-31+. The molecule has 3 unspecified atom stereocenters. The number of amides is 1. The fourth-order valence-electron chi connectivity index (χ4n) is 5.65. The highest BCUT2D eigenvalue weighted by Crippen LogP contribution is 2.43. The maximum absolute atomic E-state index is 12.8. The van der Waals surface area contributed by atoms with Crippen LogP contribution in [0.2, 0.25) is 0 Å². The van der Waals surface area contributed by atoms with Gasteiger partial charge in [0.05, 0.1) is 39.9 Å². The summed E-state index contributed by atoms with van der Waals surface area (Å²) in [5.41, 5.74) is 0. The van der Waals surface area contributed by atoms with Crippen molar-refractivity contribution in [1.82, 2.24) is 5.32 Å². The number of carbonyl (C=O) groups is 1. The van der Waals surface area contributed by atoms with E-state index in [2.05, 4.69) is 31.3 Å². The van der Waals surface area contributed by atoms with Gasteiger partial charge in [0.15, 0.2) is 0 Å². The Hall–Kier alpha value is -1.02. The molecule has 0 aromatic heterocycles. The second-order valence-electron chi connectivity index (χ2n) is 15.0. The van der Waals surface area contributed by atoms with Gasteiger partial charge in [-0.2, -0.15) is 0 Å². The first kappa shape index (κ1) is 48.0. The van der Waals surface area contributed by atoms with Crippen molar-refractivity contribution in [1.29, 1.82) is 0 Å². The molecule has 3 N–H and O–H groups in total. The Labute approximate surface area is 303 Å².